The van der Waals surface area contributed by atoms with Crippen LogP contribution in [-0.2, 0) is 29.4 Å². The Kier molecular flexibility index (Phi) is 3.50. The predicted molar refractivity (Wildman–Crippen MR) is 85.1 cm³/mol. The van der Waals surface area contributed by atoms with E-state index < -0.39 is 10.0 Å². The summed E-state index contributed by atoms with van der Waals surface area (Å²) in [6.45, 7) is 0.408. The molecule has 1 heterocycles. The van der Waals surface area contributed by atoms with Gasteiger partial charge in [0.25, 0.3) is 0 Å². The van der Waals surface area contributed by atoms with Gasteiger partial charge in [0.05, 0.1) is 4.90 Å². The first kappa shape index (κ1) is 14.5. The molecule has 1 aliphatic heterocycles. The van der Waals surface area contributed by atoms with E-state index in [1.165, 1.54) is 29.7 Å². The molecule has 120 valence electrons. The summed E-state index contributed by atoms with van der Waals surface area (Å²) in [5, 5.41) is 0. The van der Waals surface area contributed by atoms with Gasteiger partial charge in [0.1, 0.15) is 0 Å². The van der Waals surface area contributed by atoms with Crippen molar-refractivity contribution in [2.75, 3.05) is 6.79 Å². The van der Waals surface area contributed by atoms with Gasteiger partial charge >= 0.3 is 0 Å². The van der Waals surface area contributed by atoms with E-state index in [0.29, 0.717) is 11.5 Å². The summed E-state index contributed by atoms with van der Waals surface area (Å²) in [4.78, 5) is 0.183. The maximum Gasteiger partial charge on any atom is 0.241 e. The molecule has 0 fully saturated rings. The smallest absolute Gasteiger partial charge is 0.241 e. The zero-order chi connectivity index (χ0) is 15.9. The fourth-order valence-electron chi connectivity index (χ4n) is 3.04. The molecule has 0 unspecified atom stereocenters. The van der Waals surface area contributed by atoms with E-state index >= 15 is 0 Å². The predicted octanol–water partition coefficient (Wildman–Crippen LogP) is 2.38. The minimum atomic E-state index is -3.58. The molecule has 1 aliphatic carbocycles. The van der Waals surface area contributed by atoms with E-state index in [2.05, 4.69) is 16.9 Å². The van der Waals surface area contributed by atoms with Gasteiger partial charge in [-0.25, -0.2) is 13.1 Å². The molecule has 0 aromatic heterocycles. The lowest BCUT2D eigenvalue weighted by Crippen LogP contribution is -2.23. The molecule has 2 aliphatic rings. The van der Waals surface area contributed by atoms with Crippen molar-refractivity contribution >= 4 is 10.0 Å². The number of hydrogen-bond donors (Lipinski definition) is 1. The van der Waals surface area contributed by atoms with Gasteiger partial charge in [-0.15, -0.1) is 0 Å². The monoisotopic (exact) mass is 331 g/mol. The molecular formula is C17H17NO4S. The maximum absolute atomic E-state index is 12.4. The average molecular weight is 331 g/mol. The van der Waals surface area contributed by atoms with Crippen LogP contribution >= 0.6 is 0 Å². The molecule has 2 aromatic rings. The standard InChI is InChI=1S/C17H17NO4S/c19-23(20,15-6-7-16-17(9-15)22-11-21-16)18-10-12-4-5-13-2-1-3-14(13)8-12/h4-9,18H,1-3,10-11H2. The number of fused-ring (bicyclic) bond motifs is 2. The molecule has 0 saturated carbocycles. The van der Waals surface area contributed by atoms with E-state index in [4.69, 9.17) is 9.47 Å². The topological polar surface area (TPSA) is 64.6 Å². The molecule has 0 atom stereocenters. The van der Waals surface area contributed by atoms with Crippen LogP contribution in [0.25, 0.3) is 0 Å². The van der Waals surface area contributed by atoms with Crippen LogP contribution in [0.3, 0.4) is 0 Å². The molecule has 6 heteroatoms. The minimum absolute atomic E-state index is 0.126. The lowest BCUT2D eigenvalue weighted by Gasteiger charge is -2.09. The Balaban J connectivity index is 1.51. The summed E-state index contributed by atoms with van der Waals surface area (Å²) in [5.41, 5.74) is 3.70. The lowest BCUT2D eigenvalue weighted by molar-refractivity contribution is 0.174. The van der Waals surface area contributed by atoms with Crippen molar-refractivity contribution in [1.29, 1.82) is 0 Å². The van der Waals surface area contributed by atoms with Gasteiger partial charge in [0.15, 0.2) is 11.5 Å². The summed E-state index contributed by atoms with van der Waals surface area (Å²) in [6.07, 6.45) is 3.39. The van der Waals surface area contributed by atoms with Crippen molar-refractivity contribution in [3.05, 3.63) is 53.1 Å². The molecule has 0 amide bonds. The highest BCUT2D eigenvalue weighted by Crippen LogP contribution is 2.33. The Bertz CT molecular complexity index is 861. The molecular weight excluding hydrogens is 314 g/mol. The summed E-state index contributed by atoms with van der Waals surface area (Å²) >= 11 is 0. The summed E-state index contributed by atoms with van der Waals surface area (Å²) in [6, 6.07) is 10.8. The van der Waals surface area contributed by atoms with E-state index in [9.17, 15) is 8.42 Å². The zero-order valence-corrected chi connectivity index (χ0v) is 13.4. The van der Waals surface area contributed by atoms with Gasteiger partial charge in [0, 0.05) is 12.6 Å². The average Bonchev–Trinajstić information content (AvgIpc) is 3.20. The van der Waals surface area contributed by atoms with Gasteiger partial charge in [-0.05, 0) is 48.1 Å². The fourth-order valence-corrected chi connectivity index (χ4v) is 4.07. The van der Waals surface area contributed by atoms with Crippen molar-refractivity contribution in [1.82, 2.24) is 4.72 Å². The van der Waals surface area contributed by atoms with Gasteiger partial charge in [0.2, 0.25) is 16.8 Å². The highest BCUT2D eigenvalue weighted by atomic mass is 32.2. The molecule has 2 aromatic carbocycles. The number of rotatable bonds is 4. The Hall–Kier alpha value is -2.05. The second-order valence-electron chi connectivity index (χ2n) is 5.80. The van der Waals surface area contributed by atoms with Crippen LogP contribution < -0.4 is 14.2 Å². The van der Waals surface area contributed by atoms with Gasteiger partial charge < -0.3 is 9.47 Å². The highest BCUT2D eigenvalue weighted by molar-refractivity contribution is 7.89. The summed E-state index contributed by atoms with van der Waals surface area (Å²) in [7, 11) is -3.58. The van der Waals surface area contributed by atoms with Crippen LogP contribution in [0, 0.1) is 0 Å². The van der Waals surface area contributed by atoms with Crippen LogP contribution in [-0.4, -0.2) is 15.2 Å². The van der Waals surface area contributed by atoms with Crippen LogP contribution in [0.4, 0.5) is 0 Å². The van der Waals surface area contributed by atoms with Crippen molar-refractivity contribution in [2.45, 2.75) is 30.7 Å². The summed E-state index contributed by atoms with van der Waals surface area (Å²) < 4.78 is 37.9. The first-order valence-corrected chi connectivity index (χ1v) is 9.10. The minimum Gasteiger partial charge on any atom is -0.454 e. The number of ether oxygens (including phenoxy) is 2. The SMILES string of the molecule is O=S(=O)(NCc1ccc2c(c1)CCC2)c1ccc2c(c1)OCO2. The maximum atomic E-state index is 12.4. The second kappa shape index (κ2) is 5.54. The Morgan fingerprint density at radius 1 is 0.957 bits per heavy atom. The van der Waals surface area contributed by atoms with Gasteiger partial charge in [-0.3, -0.25) is 0 Å². The van der Waals surface area contributed by atoms with Crippen LogP contribution in [0.1, 0.15) is 23.1 Å². The van der Waals surface area contributed by atoms with Crippen molar-refractivity contribution < 1.29 is 17.9 Å². The number of hydrogen-bond acceptors (Lipinski definition) is 4. The van der Waals surface area contributed by atoms with Gasteiger partial charge in [-0.2, -0.15) is 0 Å². The first-order chi connectivity index (χ1) is 11.1. The molecule has 0 radical (unpaired) electrons. The Morgan fingerprint density at radius 2 is 1.78 bits per heavy atom. The third-order valence-electron chi connectivity index (χ3n) is 4.28. The molecule has 0 saturated heterocycles. The van der Waals surface area contributed by atoms with E-state index in [1.807, 2.05) is 6.07 Å². The lowest BCUT2D eigenvalue weighted by atomic mass is 10.1. The van der Waals surface area contributed by atoms with Crippen LogP contribution in [0.15, 0.2) is 41.3 Å². The third-order valence-corrected chi connectivity index (χ3v) is 5.68. The second-order valence-corrected chi connectivity index (χ2v) is 7.56. The van der Waals surface area contributed by atoms with Gasteiger partial charge in [-0.1, -0.05) is 18.2 Å². The quantitative estimate of drug-likeness (QED) is 0.934. The molecule has 23 heavy (non-hydrogen) atoms. The van der Waals surface area contributed by atoms with Crippen molar-refractivity contribution in [3.8, 4) is 11.5 Å². The van der Waals surface area contributed by atoms with Crippen LogP contribution in [0.2, 0.25) is 0 Å². The van der Waals surface area contributed by atoms with E-state index in [1.54, 1.807) is 6.07 Å². The van der Waals surface area contributed by atoms with Crippen molar-refractivity contribution in [2.24, 2.45) is 0 Å². The normalized spacial score (nSPS) is 15.7. The van der Waals surface area contributed by atoms with Crippen molar-refractivity contribution in [3.63, 3.8) is 0 Å². The fraction of sp³-hybridized carbons (Fsp3) is 0.294. The molecule has 5 nitrogen and oxygen atoms in total. The Morgan fingerprint density at radius 3 is 2.70 bits per heavy atom. The number of benzene rings is 2. The summed E-state index contributed by atoms with van der Waals surface area (Å²) in [5.74, 6) is 1.04. The first-order valence-electron chi connectivity index (χ1n) is 7.62. The number of sulfonamides is 1. The largest absolute Gasteiger partial charge is 0.454 e. The molecule has 1 N–H and O–H groups in total. The van der Waals surface area contributed by atoms with E-state index in [0.717, 1.165) is 18.4 Å². The molecule has 0 spiro atoms. The molecule has 4 rings (SSSR count). The number of aryl methyl sites for hydroxylation is 2. The molecule has 0 bridgehead atoms. The number of nitrogens with one attached hydrogen (secondary N) is 1. The highest BCUT2D eigenvalue weighted by Gasteiger charge is 2.20. The third kappa shape index (κ3) is 2.80. The van der Waals surface area contributed by atoms with E-state index in [-0.39, 0.29) is 18.2 Å². The van der Waals surface area contributed by atoms with Crippen LogP contribution in [0.5, 0.6) is 11.5 Å². The Labute approximate surface area is 135 Å². The zero-order valence-electron chi connectivity index (χ0n) is 12.5.